The molecule has 4 rings (SSSR count). The molecule has 0 saturated carbocycles. The summed E-state index contributed by atoms with van der Waals surface area (Å²) in [6.07, 6.45) is 0.756. The Hall–Kier alpha value is -2.12. The number of nitrogens with zero attached hydrogens (tertiary/aromatic N) is 3. The number of thioether (sulfide) groups is 1. The lowest BCUT2D eigenvalue weighted by atomic mass is 9.98. The van der Waals surface area contributed by atoms with Crippen molar-refractivity contribution in [2.24, 2.45) is 10.1 Å². The van der Waals surface area contributed by atoms with Crippen molar-refractivity contribution in [2.75, 3.05) is 12.9 Å². The summed E-state index contributed by atoms with van der Waals surface area (Å²) in [6, 6.07) is 16.1. The average Bonchev–Trinajstić information content (AvgIpc) is 3.29. The van der Waals surface area contributed by atoms with E-state index in [1.807, 2.05) is 53.5 Å². The molecule has 0 bridgehead atoms. The number of ether oxygens (including phenoxy) is 1. The fraction of sp³-hybridized carbons (Fsp3) is 0.211. The minimum Gasteiger partial charge on any atom is -0.497 e. The topological polar surface area (TPSA) is 54.3 Å². The lowest BCUT2D eigenvalue weighted by Gasteiger charge is -2.23. The summed E-state index contributed by atoms with van der Waals surface area (Å²) in [4.78, 5) is 15.8. The number of aliphatic imine (C=N–C) groups is 1. The Kier molecular flexibility index (Phi) is 4.82. The van der Waals surface area contributed by atoms with Gasteiger partial charge in [0.2, 0.25) is 0 Å². The van der Waals surface area contributed by atoms with Crippen molar-refractivity contribution in [3.8, 4) is 5.75 Å². The largest absolute Gasteiger partial charge is 0.497 e. The number of rotatable bonds is 3. The summed E-state index contributed by atoms with van der Waals surface area (Å²) in [6.45, 7) is 0. The molecule has 26 heavy (non-hydrogen) atoms. The van der Waals surface area contributed by atoms with Crippen molar-refractivity contribution >= 4 is 44.5 Å². The molecule has 0 aliphatic carbocycles. The Balaban J connectivity index is 1.69. The van der Waals surface area contributed by atoms with Crippen LogP contribution in [0.15, 0.2) is 63.1 Å². The first-order valence-electron chi connectivity index (χ1n) is 8.15. The van der Waals surface area contributed by atoms with Crippen LogP contribution >= 0.6 is 27.7 Å². The molecule has 5 nitrogen and oxygen atoms in total. The normalized spacial score (nSPS) is 19.5. The lowest BCUT2D eigenvalue weighted by Crippen LogP contribution is -2.27. The maximum Gasteiger partial charge on any atom is 0.307 e. The zero-order chi connectivity index (χ0) is 18.1. The van der Waals surface area contributed by atoms with E-state index in [-0.39, 0.29) is 11.3 Å². The van der Waals surface area contributed by atoms with Gasteiger partial charge < -0.3 is 4.74 Å². The number of hydrogen-bond donors (Lipinski definition) is 0. The molecule has 2 aromatic carbocycles. The minimum absolute atomic E-state index is 0.0183. The third-order valence-corrected chi connectivity index (χ3v) is 5.67. The number of carbonyl (C=O) groups excluding carboxylic acids is 1. The Bertz CT molecular complexity index is 894. The molecular formula is C19H16BrN3O2S. The van der Waals surface area contributed by atoms with Crippen molar-refractivity contribution in [2.45, 2.75) is 12.5 Å². The molecule has 2 aliphatic rings. The SMILES string of the molecule is COc1ccc(C2CC(c3ccc(Br)cc3)=NN2C2=NC(=O)SC2)cc1. The first-order valence-corrected chi connectivity index (χ1v) is 9.93. The van der Waals surface area contributed by atoms with Crippen LogP contribution in [0.25, 0.3) is 0 Å². The van der Waals surface area contributed by atoms with E-state index in [0.717, 1.165) is 33.5 Å². The molecule has 0 radical (unpaired) electrons. The molecule has 7 heteroatoms. The fourth-order valence-corrected chi connectivity index (χ4v) is 3.95. The van der Waals surface area contributed by atoms with Gasteiger partial charge in [-0.15, -0.1) is 0 Å². The van der Waals surface area contributed by atoms with Gasteiger partial charge in [0.1, 0.15) is 11.6 Å². The maximum absolute atomic E-state index is 11.6. The van der Waals surface area contributed by atoms with E-state index in [4.69, 9.17) is 9.84 Å². The van der Waals surface area contributed by atoms with Crippen LogP contribution in [0, 0.1) is 0 Å². The van der Waals surface area contributed by atoms with Gasteiger partial charge in [-0.3, -0.25) is 4.79 Å². The molecule has 132 valence electrons. The average molecular weight is 430 g/mol. The van der Waals surface area contributed by atoms with Gasteiger partial charge in [-0.05, 0) is 35.4 Å². The molecule has 0 fully saturated rings. The highest BCUT2D eigenvalue weighted by Gasteiger charge is 2.34. The first kappa shape index (κ1) is 17.3. The Labute approximate surface area is 164 Å². The molecule has 0 spiro atoms. The van der Waals surface area contributed by atoms with E-state index < -0.39 is 0 Å². The van der Waals surface area contributed by atoms with Crippen LogP contribution in [0.2, 0.25) is 0 Å². The second-order valence-corrected chi connectivity index (χ2v) is 7.82. The molecule has 0 N–H and O–H groups in total. The van der Waals surface area contributed by atoms with Gasteiger partial charge in [-0.2, -0.15) is 10.1 Å². The summed E-state index contributed by atoms with van der Waals surface area (Å²) < 4.78 is 6.29. The molecule has 2 aromatic rings. The monoisotopic (exact) mass is 429 g/mol. The zero-order valence-electron chi connectivity index (χ0n) is 14.1. The van der Waals surface area contributed by atoms with Crippen LogP contribution < -0.4 is 4.74 Å². The number of amides is 1. The number of halogens is 1. The predicted molar refractivity (Wildman–Crippen MR) is 108 cm³/mol. The third kappa shape index (κ3) is 3.41. The summed E-state index contributed by atoms with van der Waals surface area (Å²) in [7, 11) is 1.65. The highest BCUT2D eigenvalue weighted by atomic mass is 79.9. The van der Waals surface area contributed by atoms with Gasteiger partial charge in [0.25, 0.3) is 0 Å². The predicted octanol–water partition coefficient (Wildman–Crippen LogP) is 4.87. The van der Waals surface area contributed by atoms with Gasteiger partial charge in [0, 0.05) is 10.9 Å². The molecular weight excluding hydrogens is 414 g/mol. The van der Waals surface area contributed by atoms with Gasteiger partial charge in [-0.1, -0.05) is 52.0 Å². The molecule has 0 saturated heterocycles. The summed E-state index contributed by atoms with van der Waals surface area (Å²) in [5.74, 6) is 2.09. The minimum atomic E-state index is -0.152. The zero-order valence-corrected chi connectivity index (χ0v) is 16.5. The summed E-state index contributed by atoms with van der Waals surface area (Å²) in [5, 5.41) is 6.56. The van der Waals surface area contributed by atoms with Gasteiger partial charge in [0.15, 0.2) is 0 Å². The third-order valence-electron chi connectivity index (χ3n) is 4.40. The highest BCUT2D eigenvalue weighted by Crippen LogP contribution is 2.35. The van der Waals surface area contributed by atoms with Crippen molar-refractivity contribution in [1.82, 2.24) is 5.01 Å². The molecule has 1 atom stereocenters. The number of amidine groups is 1. The van der Waals surface area contributed by atoms with Gasteiger partial charge in [-0.25, -0.2) is 5.01 Å². The first-order chi connectivity index (χ1) is 12.6. The number of methoxy groups -OCH3 is 1. The summed E-state index contributed by atoms with van der Waals surface area (Å²) >= 11 is 4.68. The second-order valence-electron chi connectivity index (χ2n) is 5.97. The molecule has 2 aliphatic heterocycles. The van der Waals surface area contributed by atoms with Crippen LogP contribution in [0.5, 0.6) is 5.75 Å². The Morgan fingerprint density at radius 1 is 1.15 bits per heavy atom. The van der Waals surface area contributed by atoms with Crippen LogP contribution in [0.4, 0.5) is 4.79 Å². The van der Waals surface area contributed by atoms with Crippen molar-refractivity contribution < 1.29 is 9.53 Å². The van der Waals surface area contributed by atoms with E-state index in [0.29, 0.717) is 11.6 Å². The van der Waals surface area contributed by atoms with E-state index >= 15 is 0 Å². The van der Waals surface area contributed by atoms with Crippen molar-refractivity contribution in [1.29, 1.82) is 0 Å². The maximum atomic E-state index is 11.6. The molecule has 1 unspecified atom stereocenters. The standard InChI is InChI=1S/C19H16BrN3O2S/c1-25-15-8-4-13(5-9-15)17-10-16(12-2-6-14(20)7-3-12)22-23(17)18-11-26-19(24)21-18/h2-9,17H,10-11H2,1H3. The number of hydrazone groups is 1. The van der Waals surface area contributed by atoms with Crippen molar-refractivity contribution in [3.63, 3.8) is 0 Å². The quantitative estimate of drug-likeness (QED) is 0.697. The summed E-state index contributed by atoms with van der Waals surface area (Å²) in [5.41, 5.74) is 3.19. The Morgan fingerprint density at radius 2 is 1.88 bits per heavy atom. The van der Waals surface area contributed by atoms with E-state index in [2.05, 4.69) is 20.9 Å². The molecule has 2 heterocycles. The van der Waals surface area contributed by atoms with Crippen LogP contribution in [0.3, 0.4) is 0 Å². The number of benzene rings is 2. The van der Waals surface area contributed by atoms with E-state index in [1.54, 1.807) is 7.11 Å². The molecule has 0 aromatic heterocycles. The second kappa shape index (κ2) is 7.25. The number of carbonyl (C=O) groups is 1. The van der Waals surface area contributed by atoms with E-state index in [9.17, 15) is 4.79 Å². The molecule has 1 amide bonds. The van der Waals surface area contributed by atoms with E-state index in [1.165, 1.54) is 11.8 Å². The lowest BCUT2D eigenvalue weighted by molar-refractivity contribution is 0.267. The van der Waals surface area contributed by atoms with Crippen LogP contribution in [0.1, 0.15) is 23.6 Å². The van der Waals surface area contributed by atoms with Crippen LogP contribution in [-0.2, 0) is 0 Å². The van der Waals surface area contributed by atoms with Gasteiger partial charge >= 0.3 is 5.24 Å². The Morgan fingerprint density at radius 3 is 2.50 bits per heavy atom. The van der Waals surface area contributed by atoms with Crippen LogP contribution in [-0.4, -0.2) is 34.7 Å². The number of hydrogen-bond acceptors (Lipinski definition) is 5. The fourth-order valence-electron chi connectivity index (χ4n) is 3.06. The van der Waals surface area contributed by atoms with Gasteiger partial charge in [0.05, 0.1) is 24.6 Å². The smallest absolute Gasteiger partial charge is 0.307 e. The highest BCUT2D eigenvalue weighted by molar-refractivity contribution is 9.10. The van der Waals surface area contributed by atoms with Crippen molar-refractivity contribution in [3.05, 3.63) is 64.1 Å².